The number of sulfone groups is 1. The normalized spacial score (nSPS) is 11.5. The van der Waals surface area contributed by atoms with Crippen molar-refractivity contribution in [3.8, 4) is 0 Å². The summed E-state index contributed by atoms with van der Waals surface area (Å²) < 4.78 is 24.0. The molecule has 1 rings (SSSR count). The summed E-state index contributed by atoms with van der Waals surface area (Å²) in [5.41, 5.74) is -0.224. The fraction of sp³-hybridized carbons (Fsp3) is 0.417. The highest BCUT2D eigenvalue weighted by Crippen LogP contribution is 2.22. The van der Waals surface area contributed by atoms with Gasteiger partial charge in [-0.15, -0.1) is 0 Å². The number of rotatable bonds is 7. The van der Waals surface area contributed by atoms with E-state index in [1.54, 1.807) is 0 Å². The SMILES string of the molecule is O=C(O)c1cc(S(=O)(=O)CCCCCO)ccc1Cl. The molecule has 19 heavy (non-hydrogen) atoms. The van der Waals surface area contributed by atoms with Crippen molar-refractivity contribution in [1.29, 1.82) is 0 Å². The zero-order chi connectivity index (χ0) is 14.5. The lowest BCUT2D eigenvalue weighted by Crippen LogP contribution is -2.09. The molecule has 0 saturated carbocycles. The molecule has 0 aromatic heterocycles. The highest BCUT2D eigenvalue weighted by atomic mass is 35.5. The van der Waals surface area contributed by atoms with Crippen molar-refractivity contribution < 1.29 is 23.4 Å². The van der Waals surface area contributed by atoms with Gasteiger partial charge in [-0.05, 0) is 31.0 Å². The van der Waals surface area contributed by atoms with Gasteiger partial charge >= 0.3 is 5.97 Å². The maximum absolute atomic E-state index is 12.0. The molecule has 0 saturated heterocycles. The molecule has 1 aromatic carbocycles. The van der Waals surface area contributed by atoms with Gasteiger partial charge in [-0.25, -0.2) is 13.2 Å². The number of carboxylic acids is 1. The van der Waals surface area contributed by atoms with Gasteiger partial charge in [0.05, 0.1) is 21.2 Å². The molecule has 0 fully saturated rings. The summed E-state index contributed by atoms with van der Waals surface area (Å²) in [6.45, 7) is 0.0319. The van der Waals surface area contributed by atoms with Crippen LogP contribution in [-0.2, 0) is 9.84 Å². The highest BCUT2D eigenvalue weighted by molar-refractivity contribution is 7.91. The van der Waals surface area contributed by atoms with E-state index in [-0.39, 0.29) is 27.8 Å². The Kier molecular flexibility index (Phi) is 5.78. The summed E-state index contributed by atoms with van der Waals surface area (Å²) in [6.07, 6.45) is 1.58. The van der Waals surface area contributed by atoms with Gasteiger partial charge in [0.1, 0.15) is 0 Å². The van der Waals surface area contributed by atoms with Gasteiger partial charge < -0.3 is 10.2 Å². The first kappa shape index (κ1) is 15.9. The standard InChI is InChI=1S/C12H15ClO5S/c13-11-5-4-9(8-10(11)12(15)16)19(17,18)7-3-1-2-6-14/h4-5,8,14H,1-3,6-7H2,(H,15,16). The third kappa shape index (κ3) is 4.49. The smallest absolute Gasteiger partial charge is 0.337 e. The summed E-state index contributed by atoms with van der Waals surface area (Å²) >= 11 is 5.68. The van der Waals surface area contributed by atoms with E-state index in [0.717, 1.165) is 6.07 Å². The van der Waals surface area contributed by atoms with E-state index < -0.39 is 15.8 Å². The quantitative estimate of drug-likeness (QED) is 0.751. The van der Waals surface area contributed by atoms with E-state index in [2.05, 4.69) is 0 Å². The zero-order valence-electron chi connectivity index (χ0n) is 10.2. The lowest BCUT2D eigenvalue weighted by atomic mass is 10.2. The Hall–Kier alpha value is -1.11. The Morgan fingerprint density at radius 1 is 1.21 bits per heavy atom. The highest BCUT2D eigenvalue weighted by Gasteiger charge is 2.18. The third-order valence-corrected chi connectivity index (χ3v) is 4.73. The Morgan fingerprint density at radius 3 is 2.47 bits per heavy atom. The first-order valence-electron chi connectivity index (χ1n) is 5.75. The van der Waals surface area contributed by atoms with Crippen molar-refractivity contribution in [1.82, 2.24) is 0 Å². The Morgan fingerprint density at radius 2 is 1.89 bits per heavy atom. The molecule has 0 bridgehead atoms. The van der Waals surface area contributed by atoms with E-state index in [4.69, 9.17) is 21.8 Å². The molecule has 0 atom stereocenters. The van der Waals surface area contributed by atoms with Crippen molar-refractivity contribution in [2.75, 3.05) is 12.4 Å². The molecule has 2 N–H and O–H groups in total. The molecular weight excluding hydrogens is 292 g/mol. The minimum Gasteiger partial charge on any atom is -0.478 e. The van der Waals surface area contributed by atoms with E-state index >= 15 is 0 Å². The summed E-state index contributed by atoms with van der Waals surface area (Å²) in [6, 6.07) is 3.65. The average molecular weight is 307 g/mol. The maximum atomic E-state index is 12.0. The van der Waals surface area contributed by atoms with Crippen LogP contribution in [0.15, 0.2) is 23.1 Å². The van der Waals surface area contributed by atoms with Crippen LogP contribution < -0.4 is 0 Å². The maximum Gasteiger partial charge on any atom is 0.337 e. The monoisotopic (exact) mass is 306 g/mol. The van der Waals surface area contributed by atoms with E-state index in [0.29, 0.717) is 19.3 Å². The molecule has 0 aliphatic carbocycles. The molecule has 0 aliphatic rings. The lowest BCUT2D eigenvalue weighted by Gasteiger charge is -2.06. The minimum absolute atomic E-state index is 0.00623. The van der Waals surface area contributed by atoms with Gasteiger partial charge in [0, 0.05) is 6.61 Å². The Bertz CT molecular complexity index is 553. The molecule has 5 nitrogen and oxygen atoms in total. The number of aliphatic hydroxyl groups is 1. The fourth-order valence-corrected chi connectivity index (χ4v) is 3.15. The zero-order valence-corrected chi connectivity index (χ0v) is 11.7. The summed E-state index contributed by atoms with van der Waals surface area (Å²) in [5, 5.41) is 17.5. The number of aromatic carboxylic acids is 1. The van der Waals surface area contributed by atoms with Crippen molar-refractivity contribution in [2.24, 2.45) is 0 Å². The van der Waals surface area contributed by atoms with Crippen LogP contribution in [0.3, 0.4) is 0 Å². The number of benzene rings is 1. The number of carboxylic acid groups (broad SMARTS) is 1. The Labute approximate surface area is 116 Å². The molecule has 0 amide bonds. The van der Waals surface area contributed by atoms with Crippen molar-refractivity contribution >= 4 is 27.4 Å². The molecule has 0 unspecified atom stereocenters. The van der Waals surface area contributed by atoms with Crippen LogP contribution in [0.25, 0.3) is 0 Å². The van der Waals surface area contributed by atoms with Crippen LogP contribution in [-0.4, -0.2) is 37.0 Å². The molecule has 0 heterocycles. The van der Waals surface area contributed by atoms with Crippen LogP contribution in [0, 0.1) is 0 Å². The molecule has 7 heteroatoms. The second kappa shape index (κ2) is 6.88. The number of hydrogen-bond donors (Lipinski definition) is 2. The van der Waals surface area contributed by atoms with E-state index in [1.807, 2.05) is 0 Å². The van der Waals surface area contributed by atoms with Gasteiger partial charge in [-0.3, -0.25) is 0 Å². The molecule has 1 aromatic rings. The fourth-order valence-electron chi connectivity index (χ4n) is 1.56. The predicted molar refractivity (Wildman–Crippen MR) is 71.4 cm³/mol. The van der Waals surface area contributed by atoms with Gasteiger partial charge in [-0.1, -0.05) is 18.0 Å². The second-order valence-corrected chi connectivity index (χ2v) is 6.57. The molecule has 0 radical (unpaired) electrons. The third-order valence-electron chi connectivity index (χ3n) is 2.60. The van der Waals surface area contributed by atoms with Crippen LogP contribution in [0.2, 0.25) is 5.02 Å². The molecule has 106 valence electrons. The van der Waals surface area contributed by atoms with E-state index in [9.17, 15) is 13.2 Å². The summed E-state index contributed by atoms with van der Waals surface area (Å²) in [4.78, 5) is 10.8. The number of hydrogen-bond acceptors (Lipinski definition) is 4. The largest absolute Gasteiger partial charge is 0.478 e. The van der Waals surface area contributed by atoms with Crippen LogP contribution in [0.1, 0.15) is 29.6 Å². The summed E-state index contributed by atoms with van der Waals surface area (Å²) in [5.74, 6) is -1.34. The second-order valence-electron chi connectivity index (χ2n) is 4.05. The van der Waals surface area contributed by atoms with Crippen LogP contribution >= 0.6 is 11.6 Å². The number of halogens is 1. The van der Waals surface area contributed by atoms with Crippen LogP contribution in [0.5, 0.6) is 0 Å². The lowest BCUT2D eigenvalue weighted by molar-refractivity contribution is 0.0697. The molecule has 0 aliphatic heterocycles. The van der Waals surface area contributed by atoms with Gasteiger partial charge in [0.15, 0.2) is 9.84 Å². The summed E-state index contributed by atoms with van der Waals surface area (Å²) in [7, 11) is -3.52. The predicted octanol–water partition coefficient (Wildman–Crippen LogP) is 1.97. The number of aliphatic hydroxyl groups excluding tert-OH is 1. The topological polar surface area (TPSA) is 91.7 Å². The van der Waals surface area contributed by atoms with Crippen molar-refractivity contribution in [2.45, 2.75) is 24.2 Å². The molecular formula is C12H15ClO5S. The minimum atomic E-state index is -3.52. The number of carbonyl (C=O) groups is 1. The molecule has 0 spiro atoms. The average Bonchev–Trinajstić information content (AvgIpc) is 2.34. The van der Waals surface area contributed by atoms with Crippen LogP contribution in [0.4, 0.5) is 0 Å². The van der Waals surface area contributed by atoms with Gasteiger partial charge in [-0.2, -0.15) is 0 Å². The van der Waals surface area contributed by atoms with Gasteiger partial charge in [0.25, 0.3) is 0 Å². The first-order chi connectivity index (χ1) is 8.88. The number of unbranched alkanes of at least 4 members (excludes halogenated alkanes) is 2. The van der Waals surface area contributed by atoms with Crippen molar-refractivity contribution in [3.05, 3.63) is 28.8 Å². The Balaban J connectivity index is 2.89. The van der Waals surface area contributed by atoms with Crippen molar-refractivity contribution in [3.63, 3.8) is 0 Å². The first-order valence-corrected chi connectivity index (χ1v) is 7.78. The van der Waals surface area contributed by atoms with Gasteiger partial charge in [0.2, 0.25) is 0 Å². The van der Waals surface area contributed by atoms with E-state index in [1.165, 1.54) is 12.1 Å².